The maximum Gasteiger partial charge on any atom is 0.410 e. The van der Waals surface area contributed by atoms with E-state index >= 15 is 0 Å². The average Bonchev–Trinajstić information content (AvgIpc) is 3.33. The van der Waals surface area contributed by atoms with E-state index in [9.17, 15) is 4.79 Å². The molecule has 0 bridgehead atoms. The third-order valence-corrected chi connectivity index (χ3v) is 5.77. The fourth-order valence-electron chi connectivity index (χ4n) is 4.02. The lowest BCUT2D eigenvalue weighted by atomic mass is 10.1. The minimum Gasteiger partial charge on any atom is -0.444 e. The lowest BCUT2D eigenvalue weighted by molar-refractivity contribution is -0.0266. The van der Waals surface area contributed by atoms with Gasteiger partial charge in [0.15, 0.2) is 0 Å². The number of carbonyl (C=O) groups excluding carboxylic acids is 1. The Morgan fingerprint density at radius 2 is 2.03 bits per heavy atom. The van der Waals surface area contributed by atoms with Crippen molar-refractivity contribution in [2.24, 2.45) is 0 Å². The van der Waals surface area contributed by atoms with Crippen LogP contribution < -0.4 is 4.90 Å². The molecule has 170 valence electrons. The summed E-state index contributed by atoms with van der Waals surface area (Å²) in [5.74, 6) is 0.985. The second kappa shape index (κ2) is 7.77. The molecule has 0 unspecified atom stereocenters. The van der Waals surface area contributed by atoms with E-state index in [1.807, 2.05) is 61.7 Å². The van der Waals surface area contributed by atoms with Crippen molar-refractivity contribution in [1.82, 2.24) is 24.8 Å². The molecule has 1 amide bonds. The first-order valence-corrected chi connectivity index (χ1v) is 10.9. The van der Waals surface area contributed by atoms with Crippen LogP contribution in [0.1, 0.15) is 33.7 Å². The lowest BCUT2D eigenvalue weighted by Crippen LogP contribution is -2.55. The molecule has 0 spiro atoms. The smallest absolute Gasteiger partial charge is 0.410 e. The van der Waals surface area contributed by atoms with Crippen molar-refractivity contribution >= 4 is 22.9 Å². The predicted molar refractivity (Wildman–Crippen MR) is 117 cm³/mol. The SMILES string of the molecule is C[C@@H]1CN(c2noc(-c3ccc4cnn(C5COC5)c4c3)n2)CCN1C(=O)OC(C)(C)C. The predicted octanol–water partition coefficient (Wildman–Crippen LogP) is 3.10. The van der Waals surface area contributed by atoms with Crippen LogP contribution in [0.5, 0.6) is 0 Å². The Kier molecular flexibility index (Phi) is 5.04. The van der Waals surface area contributed by atoms with E-state index in [0.717, 1.165) is 16.5 Å². The van der Waals surface area contributed by atoms with E-state index in [0.29, 0.717) is 44.7 Å². The maximum absolute atomic E-state index is 12.5. The van der Waals surface area contributed by atoms with E-state index in [1.54, 1.807) is 4.90 Å². The number of anilines is 1. The minimum absolute atomic E-state index is 0.0315. The van der Waals surface area contributed by atoms with Gasteiger partial charge in [0.1, 0.15) is 5.60 Å². The highest BCUT2D eigenvalue weighted by Gasteiger charge is 2.32. The van der Waals surface area contributed by atoms with Crippen LogP contribution in [0, 0.1) is 0 Å². The Labute approximate surface area is 186 Å². The van der Waals surface area contributed by atoms with Gasteiger partial charge in [-0.05, 0) is 45.0 Å². The summed E-state index contributed by atoms with van der Waals surface area (Å²) in [7, 11) is 0. The molecule has 0 saturated carbocycles. The van der Waals surface area contributed by atoms with Gasteiger partial charge < -0.3 is 23.8 Å². The van der Waals surface area contributed by atoms with Gasteiger partial charge in [-0.3, -0.25) is 4.68 Å². The van der Waals surface area contributed by atoms with Gasteiger partial charge >= 0.3 is 6.09 Å². The average molecular weight is 441 g/mol. The van der Waals surface area contributed by atoms with Crippen molar-refractivity contribution in [1.29, 1.82) is 0 Å². The number of rotatable bonds is 3. The molecule has 4 heterocycles. The molecule has 2 aliphatic rings. The number of fused-ring (bicyclic) bond motifs is 1. The monoisotopic (exact) mass is 440 g/mol. The van der Waals surface area contributed by atoms with Crippen molar-refractivity contribution in [3.63, 3.8) is 0 Å². The number of aromatic nitrogens is 4. The fourth-order valence-corrected chi connectivity index (χ4v) is 4.02. The summed E-state index contributed by atoms with van der Waals surface area (Å²) in [6.07, 6.45) is 1.57. The van der Waals surface area contributed by atoms with Gasteiger partial charge in [0.25, 0.3) is 11.8 Å². The van der Waals surface area contributed by atoms with Crippen LogP contribution in [0.15, 0.2) is 28.9 Å². The number of carbonyl (C=O) groups is 1. The highest BCUT2D eigenvalue weighted by Crippen LogP contribution is 2.28. The zero-order chi connectivity index (χ0) is 22.5. The molecule has 5 rings (SSSR count). The number of ether oxygens (including phenoxy) is 2. The van der Waals surface area contributed by atoms with E-state index in [4.69, 9.17) is 14.0 Å². The molecule has 2 saturated heterocycles. The Morgan fingerprint density at radius 3 is 2.72 bits per heavy atom. The highest BCUT2D eigenvalue weighted by atomic mass is 16.6. The molecule has 3 aromatic rings. The number of hydrogen-bond acceptors (Lipinski definition) is 8. The van der Waals surface area contributed by atoms with Gasteiger partial charge in [0.05, 0.1) is 31.0 Å². The van der Waals surface area contributed by atoms with Gasteiger partial charge in [-0.15, -0.1) is 0 Å². The summed E-state index contributed by atoms with van der Waals surface area (Å²) in [6, 6.07) is 6.24. The number of nitrogens with zero attached hydrogens (tertiary/aromatic N) is 6. The first-order chi connectivity index (χ1) is 15.3. The summed E-state index contributed by atoms with van der Waals surface area (Å²) in [4.78, 5) is 20.9. The van der Waals surface area contributed by atoms with Crippen LogP contribution in [0.25, 0.3) is 22.4 Å². The van der Waals surface area contributed by atoms with Crippen molar-refractivity contribution < 1.29 is 18.8 Å². The van der Waals surface area contributed by atoms with Crippen LogP contribution >= 0.6 is 0 Å². The third kappa shape index (κ3) is 3.90. The fraction of sp³-hybridized carbons (Fsp3) is 0.545. The zero-order valence-corrected chi connectivity index (χ0v) is 18.8. The summed E-state index contributed by atoms with van der Waals surface area (Å²) < 4.78 is 18.4. The molecule has 0 N–H and O–H groups in total. The Morgan fingerprint density at radius 1 is 1.22 bits per heavy atom. The molecule has 1 atom stereocenters. The molecule has 2 aliphatic heterocycles. The lowest BCUT2D eigenvalue weighted by Gasteiger charge is -2.39. The normalized spacial score (nSPS) is 19.9. The van der Waals surface area contributed by atoms with Gasteiger partial charge in [-0.1, -0.05) is 6.07 Å². The molecule has 2 fully saturated rings. The summed E-state index contributed by atoms with van der Waals surface area (Å²) in [5.41, 5.74) is 1.35. The first kappa shape index (κ1) is 20.7. The van der Waals surface area contributed by atoms with Gasteiger partial charge in [0.2, 0.25) is 0 Å². The second-order valence-electron chi connectivity index (χ2n) is 9.42. The van der Waals surface area contributed by atoms with E-state index < -0.39 is 5.60 Å². The number of amides is 1. The van der Waals surface area contributed by atoms with Crippen molar-refractivity contribution in [2.45, 2.75) is 45.4 Å². The van der Waals surface area contributed by atoms with Crippen LogP contribution in [-0.4, -0.2) is 75.4 Å². The standard InChI is InChI=1S/C22H28N6O4/c1-14-11-26(7-8-27(14)21(29)31-22(2,3)4)20-24-19(32-25-20)15-5-6-16-10-23-28(18(16)9-15)17-12-30-13-17/h5-6,9-10,14,17H,7-8,11-13H2,1-4H3/t14-/m1/s1. The topological polar surface area (TPSA) is 98.8 Å². The number of benzene rings is 1. The van der Waals surface area contributed by atoms with Crippen LogP contribution in [0.3, 0.4) is 0 Å². The quantitative estimate of drug-likeness (QED) is 0.613. The minimum atomic E-state index is -0.515. The van der Waals surface area contributed by atoms with Gasteiger partial charge in [0, 0.05) is 36.6 Å². The van der Waals surface area contributed by atoms with Gasteiger partial charge in [-0.2, -0.15) is 10.1 Å². The largest absolute Gasteiger partial charge is 0.444 e. The Balaban J connectivity index is 1.31. The molecular formula is C22H28N6O4. The van der Waals surface area contributed by atoms with Crippen LogP contribution in [-0.2, 0) is 9.47 Å². The van der Waals surface area contributed by atoms with Crippen molar-refractivity contribution in [3.8, 4) is 11.5 Å². The number of piperazine rings is 1. The Hall–Kier alpha value is -3.14. The number of hydrogen-bond donors (Lipinski definition) is 0. The molecule has 2 aromatic heterocycles. The van der Waals surface area contributed by atoms with Crippen LogP contribution in [0.4, 0.5) is 10.7 Å². The molecule has 10 nitrogen and oxygen atoms in total. The summed E-state index contributed by atoms with van der Waals surface area (Å²) >= 11 is 0. The van der Waals surface area contributed by atoms with Gasteiger partial charge in [-0.25, -0.2) is 4.79 Å². The van der Waals surface area contributed by atoms with E-state index in [-0.39, 0.29) is 18.2 Å². The van der Waals surface area contributed by atoms with Crippen LogP contribution in [0.2, 0.25) is 0 Å². The molecule has 1 aromatic carbocycles. The first-order valence-electron chi connectivity index (χ1n) is 10.9. The molecule has 0 radical (unpaired) electrons. The molecule has 32 heavy (non-hydrogen) atoms. The molecular weight excluding hydrogens is 412 g/mol. The Bertz CT molecular complexity index is 1130. The second-order valence-corrected chi connectivity index (χ2v) is 9.42. The zero-order valence-electron chi connectivity index (χ0n) is 18.8. The molecule has 0 aliphatic carbocycles. The summed E-state index contributed by atoms with van der Waals surface area (Å²) in [5, 5.41) is 9.76. The van der Waals surface area contributed by atoms with Crippen molar-refractivity contribution in [2.75, 3.05) is 37.7 Å². The highest BCUT2D eigenvalue weighted by molar-refractivity contribution is 5.83. The molecule has 10 heteroatoms. The summed E-state index contributed by atoms with van der Waals surface area (Å²) in [6.45, 7) is 10.7. The third-order valence-electron chi connectivity index (χ3n) is 5.77. The van der Waals surface area contributed by atoms with E-state index in [1.165, 1.54) is 0 Å². The van der Waals surface area contributed by atoms with E-state index in [2.05, 4.69) is 15.2 Å². The maximum atomic E-state index is 12.5. The van der Waals surface area contributed by atoms with Crippen molar-refractivity contribution in [3.05, 3.63) is 24.4 Å².